The lowest BCUT2D eigenvalue weighted by Gasteiger charge is -2.44. The first-order valence-electron chi connectivity index (χ1n) is 7.38. The predicted molar refractivity (Wildman–Crippen MR) is 77.8 cm³/mol. The predicted octanol–water partition coefficient (Wildman–Crippen LogP) is 2.02. The second-order valence-corrected chi connectivity index (χ2v) is 6.83. The van der Waals surface area contributed by atoms with E-state index in [9.17, 15) is 4.79 Å². The molecule has 1 fully saturated rings. The average Bonchev–Trinajstić information content (AvgIpc) is 2.36. The van der Waals surface area contributed by atoms with Crippen LogP contribution in [0.25, 0.3) is 0 Å². The molecule has 0 aromatic carbocycles. The van der Waals surface area contributed by atoms with E-state index in [1.54, 1.807) is 0 Å². The van der Waals surface area contributed by atoms with Gasteiger partial charge >= 0.3 is 0 Å². The Kier molecular flexibility index (Phi) is 5.39. The van der Waals surface area contributed by atoms with Crippen LogP contribution >= 0.6 is 0 Å². The van der Waals surface area contributed by atoms with Crippen LogP contribution in [0.5, 0.6) is 0 Å². The molecular formula is C15H30N2O2. The Hall–Kier alpha value is -0.610. The zero-order valence-electron chi connectivity index (χ0n) is 13.2. The first-order valence-corrected chi connectivity index (χ1v) is 7.38. The zero-order valence-corrected chi connectivity index (χ0v) is 13.2. The molecule has 0 aliphatic carbocycles. The molecule has 112 valence electrons. The molecule has 0 radical (unpaired) electrons. The number of hydrogen-bond acceptors (Lipinski definition) is 3. The van der Waals surface area contributed by atoms with E-state index in [2.05, 4.69) is 27.7 Å². The number of morpholine rings is 1. The molecule has 1 aliphatic heterocycles. The van der Waals surface area contributed by atoms with Gasteiger partial charge in [-0.3, -0.25) is 4.79 Å². The fourth-order valence-corrected chi connectivity index (χ4v) is 2.51. The summed E-state index contributed by atoms with van der Waals surface area (Å²) in [6, 6.07) is 0. The van der Waals surface area contributed by atoms with Crippen molar-refractivity contribution in [2.75, 3.05) is 26.2 Å². The highest BCUT2D eigenvalue weighted by molar-refractivity contribution is 5.79. The molecule has 2 N–H and O–H groups in total. The molecular weight excluding hydrogens is 240 g/mol. The Balaban J connectivity index is 2.76. The van der Waals surface area contributed by atoms with Crippen LogP contribution in [0, 0.1) is 11.3 Å². The molecule has 19 heavy (non-hydrogen) atoms. The van der Waals surface area contributed by atoms with Crippen molar-refractivity contribution in [3.05, 3.63) is 0 Å². The normalized spacial score (nSPS) is 26.3. The highest BCUT2D eigenvalue weighted by atomic mass is 16.5. The lowest BCUT2D eigenvalue weighted by Crippen LogP contribution is -2.58. The Bertz CT molecular complexity index is 308. The SMILES string of the molecule is CCCC1(CN)CN(C(=O)C(C)C(C)(C)C)CCO1. The Morgan fingerprint density at radius 3 is 2.58 bits per heavy atom. The summed E-state index contributed by atoms with van der Waals surface area (Å²) in [6.45, 7) is 12.9. The van der Waals surface area contributed by atoms with Crippen molar-refractivity contribution in [1.82, 2.24) is 4.90 Å². The Labute approximate surface area is 117 Å². The van der Waals surface area contributed by atoms with Crippen LogP contribution in [-0.2, 0) is 9.53 Å². The van der Waals surface area contributed by atoms with Crippen LogP contribution in [0.15, 0.2) is 0 Å². The molecule has 1 rings (SSSR count). The Morgan fingerprint density at radius 1 is 1.47 bits per heavy atom. The van der Waals surface area contributed by atoms with Crippen LogP contribution in [0.1, 0.15) is 47.5 Å². The van der Waals surface area contributed by atoms with Crippen molar-refractivity contribution in [2.24, 2.45) is 17.1 Å². The van der Waals surface area contributed by atoms with Gasteiger partial charge in [-0.1, -0.05) is 41.0 Å². The number of carbonyl (C=O) groups excluding carboxylic acids is 1. The van der Waals surface area contributed by atoms with Crippen molar-refractivity contribution in [3.63, 3.8) is 0 Å². The van der Waals surface area contributed by atoms with Gasteiger partial charge in [0.25, 0.3) is 0 Å². The van der Waals surface area contributed by atoms with E-state index < -0.39 is 0 Å². The molecule has 0 bridgehead atoms. The maximum absolute atomic E-state index is 12.6. The number of amides is 1. The van der Waals surface area contributed by atoms with Crippen molar-refractivity contribution in [1.29, 1.82) is 0 Å². The molecule has 4 nitrogen and oxygen atoms in total. The van der Waals surface area contributed by atoms with Crippen LogP contribution in [-0.4, -0.2) is 42.6 Å². The van der Waals surface area contributed by atoms with E-state index >= 15 is 0 Å². The van der Waals surface area contributed by atoms with Gasteiger partial charge < -0.3 is 15.4 Å². The van der Waals surface area contributed by atoms with E-state index in [1.165, 1.54) is 0 Å². The number of nitrogens with zero attached hydrogens (tertiary/aromatic N) is 1. The van der Waals surface area contributed by atoms with Gasteiger partial charge in [-0.25, -0.2) is 0 Å². The van der Waals surface area contributed by atoms with Crippen molar-refractivity contribution < 1.29 is 9.53 Å². The molecule has 0 aromatic rings. The fraction of sp³-hybridized carbons (Fsp3) is 0.933. The average molecular weight is 270 g/mol. The van der Waals surface area contributed by atoms with Gasteiger partial charge in [0.05, 0.1) is 18.8 Å². The molecule has 0 spiro atoms. The molecule has 1 aliphatic rings. The van der Waals surface area contributed by atoms with Gasteiger partial charge in [-0.2, -0.15) is 0 Å². The van der Waals surface area contributed by atoms with Crippen LogP contribution in [0.4, 0.5) is 0 Å². The molecule has 1 amide bonds. The highest BCUT2D eigenvalue weighted by Crippen LogP contribution is 2.29. The monoisotopic (exact) mass is 270 g/mol. The zero-order chi connectivity index (χ0) is 14.7. The lowest BCUT2D eigenvalue weighted by molar-refractivity contribution is -0.156. The van der Waals surface area contributed by atoms with Gasteiger partial charge in [0.15, 0.2) is 0 Å². The van der Waals surface area contributed by atoms with Crippen molar-refractivity contribution >= 4 is 5.91 Å². The third-order valence-electron chi connectivity index (χ3n) is 4.31. The third kappa shape index (κ3) is 3.93. The van der Waals surface area contributed by atoms with Crippen LogP contribution in [0.3, 0.4) is 0 Å². The van der Waals surface area contributed by atoms with E-state index in [-0.39, 0.29) is 22.8 Å². The first kappa shape index (κ1) is 16.4. The maximum Gasteiger partial charge on any atom is 0.226 e. The second kappa shape index (κ2) is 6.23. The summed E-state index contributed by atoms with van der Waals surface area (Å²) in [6.07, 6.45) is 1.94. The first-order chi connectivity index (χ1) is 8.75. The minimum atomic E-state index is -0.333. The smallest absolute Gasteiger partial charge is 0.226 e. The lowest BCUT2D eigenvalue weighted by atomic mass is 9.81. The molecule has 2 unspecified atom stereocenters. The molecule has 0 aromatic heterocycles. The largest absolute Gasteiger partial charge is 0.370 e. The number of nitrogens with two attached hydrogens (primary N) is 1. The number of rotatable bonds is 4. The second-order valence-electron chi connectivity index (χ2n) is 6.83. The van der Waals surface area contributed by atoms with Gasteiger partial charge in [0.2, 0.25) is 5.91 Å². The summed E-state index contributed by atoms with van der Waals surface area (Å²) in [7, 11) is 0. The molecule has 4 heteroatoms. The van der Waals surface area contributed by atoms with Gasteiger partial charge in [0.1, 0.15) is 0 Å². The Morgan fingerprint density at radius 2 is 2.11 bits per heavy atom. The van der Waals surface area contributed by atoms with E-state index in [1.807, 2.05) is 11.8 Å². The molecule has 1 saturated heterocycles. The maximum atomic E-state index is 12.6. The van der Waals surface area contributed by atoms with Crippen LogP contribution < -0.4 is 5.73 Å². The van der Waals surface area contributed by atoms with Crippen LogP contribution in [0.2, 0.25) is 0 Å². The molecule has 0 saturated carbocycles. The summed E-state index contributed by atoms with van der Waals surface area (Å²) in [5.41, 5.74) is 5.54. The summed E-state index contributed by atoms with van der Waals surface area (Å²) < 4.78 is 5.88. The van der Waals surface area contributed by atoms with E-state index in [4.69, 9.17) is 10.5 Å². The van der Waals surface area contributed by atoms with Crippen molar-refractivity contribution in [3.8, 4) is 0 Å². The number of carbonyl (C=O) groups is 1. The summed E-state index contributed by atoms with van der Waals surface area (Å²) in [5, 5.41) is 0. The van der Waals surface area contributed by atoms with Gasteiger partial charge in [-0.15, -0.1) is 0 Å². The minimum absolute atomic E-state index is 0.00841. The number of hydrogen-bond donors (Lipinski definition) is 1. The quantitative estimate of drug-likeness (QED) is 0.850. The minimum Gasteiger partial charge on any atom is -0.370 e. The molecule has 2 atom stereocenters. The third-order valence-corrected chi connectivity index (χ3v) is 4.31. The fourth-order valence-electron chi connectivity index (χ4n) is 2.51. The summed E-state index contributed by atoms with van der Waals surface area (Å²) in [5.74, 6) is 0.243. The highest BCUT2D eigenvalue weighted by Gasteiger charge is 2.39. The standard InChI is InChI=1S/C15H30N2O2/c1-6-7-15(10-16)11-17(8-9-19-15)13(18)12(2)14(3,4)5/h12H,6-11,16H2,1-5H3. The van der Waals surface area contributed by atoms with Gasteiger partial charge in [-0.05, 0) is 11.8 Å². The van der Waals surface area contributed by atoms with E-state index in [0.717, 1.165) is 12.8 Å². The number of ether oxygens (including phenoxy) is 1. The van der Waals surface area contributed by atoms with E-state index in [0.29, 0.717) is 26.2 Å². The summed E-state index contributed by atoms with van der Waals surface area (Å²) >= 11 is 0. The summed E-state index contributed by atoms with van der Waals surface area (Å²) in [4.78, 5) is 14.5. The molecule has 1 heterocycles. The van der Waals surface area contributed by atoms with Crippen molar-refractivity contribution in [2.45, 2.75) is 53.1 Å². The topological polar surface area (TPSA) is 55.6 Å². The van der Waals surface area contributed by atoms with Gasteiger partial charge in [0, 0.05) is 19.0 Å².